The smallest absolute Gasteiger partial charge is 0.287 e. The highest BCUT2D eigenvalue weighted by atomic mass is 16.5. The molecule has 1 saturated carbocycles. The van der Waals surface area contributed by atoms with Crippen molar-refractivity contribution in [3.05, 3.63) is 66.3 Å². The molecule has 2 N–H and O–H groups in total. The Balaban J connectivity index is 1.39. The highest BCUT2D eigenvalue weighted by molar-refractivity contribution is 5.96. The third kappa shape index (κ3) is 5.77. The van der Waals surface area contributed by atoms with E-state index < -0.39 is 11.9 Å². The Morgan fingerprint density at radius 3 is 2.64 bits per heavy atom. The number of rotatable bonds is 8. The van der Waals surface area contributed by atoms with Crippen LogP contribution in [0.15, 0.2) is 59.3 Å². The third-order valence-corrected chi connectivity index (χ3v) is 5.87. The second-order valence-electron chi connectivity index (χ2n) is 8.12. The first-order valence-electron chi connectivity index (χ1n) is 11.3. The molecule has 8 nitrogen and oxygen atoms in total. The Morgan fingerprint density at radius 2 is 1.94 bits per heavy atom. The molecule has 0 aliphatic heterocycles. The van der Waals surface area contributed by atoms with Crippen molar-refractivity contribution in [2.24, 2.45) is 5.92 Å². The molecule has 1 unspecified atom stereocenters. The van der Waals surface area contributed by atoms with E-state index in [-0.39, 0.29) is 17.6 Å². The van der Waals surface area contributed by atoms with Gasteiger partial charge in [0, 0.05) is 13.2 Å². The van der Waals surface area contributed by atoms with Crippen molar-refractivity contribution in [1.82, 2.24) is 20.6 Å². The summed E-state index contributed by atoms with van der Waals surface area (Å²) in [6.07, 6.45) is 8.51. The maximum absolute atomic E-state index is 12.8. The molecular weight excluding hydrogens is 420 g/mol. The molecule has 1 aliphatic carbocycles. The van der Waals surface area contributed by atoms with Crippen LogP contribution in [0.1, 0.15) is 48.4 Å². The van der Waals surface area contributed by atoms with Crippen LogP contribution in [0.5, 0.6) is 5.75 Å². The van der Waals surface area contributed by atoms with Gasteiger partial charge >= 0.3 is 0 Å². The van der Waals surface area contributed by atoms with Crippen LogP contribution in [0.25, 0.3) is 11.5 Å². The number of pyridine rings is 2. The molecular formula is C25H28N4O4. The van der Waals surface area contributed by atoms with E-state index >= 15 is 0 Å². The van der Waals surface area contributed by atoms with Gasteiger partial charge < -0.3 is 19.8 Å². The van der Waals surface area contributed by atoms with Crippen LogP contribution in [-0.2, 0) is 11.4 Å². The SMILES string of the molecule is CNC(=O)C(NC(=O)c1ccc(-c2ccc(OCc3ccccn3)cn2)o1)C1CCCCC1. The van der Waals surface area contributed by atoms with E-state index in [0.29, 0.717) is 23.8 Å². The normalized spacial score (nSPS) is 14.9. The zero-order chi connectivity index (χ0) is 23.0. The number of ether oxygens (including phenoxy) is 1. The van der Waals surface area contributed by atoms with Gasteiger partial charge in [0.2, 0.25) is 5.91 Å². The molecule has 8 heteroatoms. The molecule has 1 atom stereocenters. The summed E-state index contributed by atoms with van der Waals surface area (Å²) < 4.78 is 11.4. The first kappa shape index (κ1) is 22.5. The highest BCUT2D eigenvalue weighted by Crippen LogP contribution is 2.27. The minimum atomic E-state index is -0.565. The van der Waals surface area contributed by atoms with E-state index in [0.717, 1.165) is 31.4 Å². The second kappa shape index (κ2) is 10.8. The molecule has 33 heavy (non-hydrogen) atoms. The number of aromatic nitrogens is 2. The monoisotopic (exact) mass is 448 g/mol. The first-order chi connectivity index (χ1) is 16.1. The van der Waals surface area contributed by atoms with Gasteiger partial charge in [-0.05, 0) is 55.2 Å². The maximum atomic E-state index is 12.8. The van der Waals surface area contributed by atoms with Gasteiger partial charge in [0.1, 0.15) is 24.1 Å². The Hall–Kier alpha value is -3.68. The lowest BCUT2D eigenvalue weighted by Gasteiger charge is -2.29. The fourth-order valence-corrected chi connectivity index (χ4v) is 4.08. The second-order valence-corrected chi connectivity index (χ2v) is 8.12. The zero-order valence-corrected chi connectivity index (χ0v) is 18.6. The topological polar surface area (TPSA) is 106 Å². The summed E-state index contributed by atoms with van der Waals surface area (Å²) in [5.74, 6) is 0.769. The minimum absolute atomic E-state index is 0.136. The summed E-state index contributed by atoms with van der Waals surface area (Å²) in [4.78, 5) is 33.8. The quantitative estimate of drug-likeness (QED) is 0.544. The minimum Gasteiger partial charge on any atom is -0.486 e. The number of nitrogens with one attached hydrogen (secondary N) is 2. The lowest BCUT2D eigenvalue weighted by Crippen LogP contribution is -2.50. The average molecular weight is 449 g/mol. The van der Waals surface area contributed by atoms with Gasteiger partial charge in [0.25, 0.3) is 5.91 Å². The number of hydrogen-bond donors (Lipinski definition) is 2. The van der Waals surface area contributed by atoms with Crippen molar-refractivity contribution >= 4 is 11.8 Å². The molecule has 172 valence electrons. The standard InChI is InChI=1S/C25H28N4O4/c1-26-25(31)23(17-7-3-2-4-8-17)29-24(30)22-13-12-21(33-22)20-11-10-19(15-28-20)32-16-18-9-5-6-14-27-18/h5-6,9-15,17,23H,2-4,7-8,16H2,1H3,(H,26,31)(H,29,30). The Bertz CT molecular complexity index is 1060. The van der Waals surface area contributed by atoms with Crippen LogP contribution in [0, 0.1) is 5.92 Å². The first-order valence-corrected chi connectivity index (χ1v) is 11.3. The number of likely N-dealkylation sites (N-methyl/N-ethyl adjacent to an activating group) is 1. The van der Waals surface area contributed by atoms with E-state index in [1.165, 1.54) is 6.42 Å². The van der Waals surface area contributed by atoms with Crippen LogP contribution in [0.3, 0.4) is 0 Å². The molecule has 0 radical (unpaired) electrons. The van der Waals surface area contributed by atoms with Crippen LogP contribution >= 0.6 is 0 Å². The van der Waals surface area contributed by atoms with E-state index in [9.17, 15) is 9.59 Å². The summed E-state index contributed by atoms with van der Waals surface area (Å²) in [7, 11) is 1.59. The number of hydrogen-bond acceptors (Lipinski definition) is 6. The van der Waals surface area contributed by atoms with E-state index in [1.807, 2.05) is 18.2 Å². The number of carbonyl (C=O) groups excluding carboxylic acids is 2. The lowest BCUT2D eigenvalue weighted by molar-refractivity contribution is -0.124. The molecule has 0 spiro atoms. The van der Waals surface area contributed by atoms with Gasteiger partial charge in [0.05, 0.1) is 11.9 Å². The van der Waals surface area contributed by atoms with Gasteiger partial charge in [-0.15, -0.1) is 0 Å². The summed E-state index contributed by atoms with van der Waals surface area (Å²) in [6.45, 7) is 0.348. The number of nitrogens with zero attached hydrogens (tertiary/aromatic N) is 2. The van der Waals surface area contributed by atoms with Gasteiger partial charge in [-0.3, -0.25) is 14.6 Å². The van der Waals surface area contributed by atoms with Crippen LogP contribution in [0.2, 0.25) is 0 Å². The molecule has 1 fully saturated rings. The predicted octanol–water partition coefficient (Wildman–Crippen LogP) is 3.74. The Kier molecular flexibility index (Phi) is 7.34. The fraction of sp³-hybridized carbons (Fsp3) is 0.360. The van der Waals surface area contributed by atoms with Crippen LogP contribution in [0.4, 0.5) is 0 Å². The molecule has 0 saturated heterocycles. The Labute approximate surface area is 192 Å². The van der Waals surface area contributed by atoms with Crippen molar-refractivity contribution in [1.29, 1.82) is 0 Å². The molecule has 2 amide bonds. The largest absolute Gasteiger partial charge is 0.486 e. The third-order valence-electron chi connectivity index (χ3n) is 5.87. The van der Waals surface area contributed by atoms with Crippen LogP contribution in [-0.4, -0.2) is 34.9 Å². The molecule has 4 rings (SSSR count). The number of furan rings is 1. The van der Waals surface area contributed by atoms with Crippen molar-refractivity contribution in [3.63, 3.8) is 0 Å². The lowest BCUT2D eigenvalue weighted by atomic mass is 9.83. The molecule has 3 aromatic rings. The zero-order valence-electron chi connectivity index (χ0n) is 18.6. The summed E-state index contributed by atoms with van der Waals surface area (Å²) in [6, 6.07) is 11.9. The van der Waals surface area contributed by atoms with Crippen LogP contribution < -0.4 is 15.4 Å². The fourth-order valence-electron chi connectivity index (χ4n) is 4.08. The molecule has 1 aliphatic rings. The molecule has 0 bridgehead atoms. The van der Waals surface area contributed by atoms with E-state index in [2.05, 4.69) is 20.6 Å². The van der Waals surface area contributed by atoms with E-state index in [1.54, 1.807) is 43.7 Å². The molecule has 3 aromatic heterocycles. The summed E-state index contributed by atoms with van der Waals surface area (Å²) >= 11 is 0. The van der Waals surface area contributed by atoms with Crippen molar-refractivity contribution in [3.8, 4) is 17.2 Å². The van der Waals surface area contributed by atoms with E-state index in [4.69, 9.17) is 9.15 Å². The summed E-state index contributed by atoms with van der Waals surface area (Å²) in [5, 5.41) is 5.54. The van der Waals surface area contributed by atoms with Gasteiger partial charge in [-0.2, -0.15) is 0 Å². The van der Waals surface area contributed by atoms with Gasteiger partial charge in [0.15, 0.2) is 11.5 Å². The van der Waals surface area contributed by atoms with Crippen molar-refractivity contribution in [2.75, 3.05) is 7.05 Å². The average Bonchev–Trinajstić information content (AvgIpc) is 3.37. The summed E-state index contributed by atoms with van der Waals surface area (Å²) in [5.41, 5.74) is 1.40. The number of amides is 2. The van der Waals surface area contributed by atoms with Gasteiger partial charge in [-0.25, -0.2) is 4.98 Å². The highest BCUT2D eigenvalue weighted by Gasteiger charge is 2.31. The predicted molar refractivity (Wildman–Crippen MR) is 122 cm³/mol. The van der Waals surface area contributed by atoms with Gasteiger partial charge in [-0.1, -0.05) is 25.3 Å². The number of carbonyl (C=O) groups is 2. The van der Waals surface area contributed by atoms with Crippen molar-refractivity contribution in [2.45, 2.75) is 44.8 Å². The van der Waals surface area contributed by atoms with Crippen molar-refractivity contribution < 1.29 is 18.7 Å². The molecule has 0 aromatic carbocycles. The molecule has 3 heterocycles. The maximum Gasteiger partial charge on any atom is 0.287 e. The Morgan fingerprint density at radius 1 is 1.09 bits per heavy atom.